The van der Waals surface area contributed by atoms with Crippen molar-refractivity contribution in [2.75, 3.05) is 33.4 Å². The van der Waals surface area contributed by atoms with Crippen LogP contribution in [0.25, 0.3) is 0 Å². The molecule has 0 unspecified atom stereocenters. The van der Waals surface area contributed by atoms with Crippen molar-refractivity contribution in [3.05, 3.63) is 28.8 Å². The molecule has 0 aromatic heterocycles. The summed E-state index contributed by atoms with van der Waals surface area (Å²) in [4.78, 5) is 14.5. The second-order valence-electron chi connectivity index (χ2n) is 6.10. The van der Waals surface area contributed by atoms with E-state index in [1.54, 1.807) is 25.3 Å². The van der Waals surface area contributed by atoms with Crippen LogP contribution in [-0.2, 0) is 9.47 Å². The van der Waals surface area contributed by atoms with E-state index in [1.165, 1.54) is 0 Å². The largest absolute Gasteiger partial charge is 0.495 e. The van der Waals surface area contributed by atoms with Crippen molar-refractivity contribution >= 4 is 17.5 Å². The normalized spacial score (nSPS) is 26.9. The molecule has 2 atom stereocenters. The van der Waals surface area contributed by atoms with Gasteiger partial charge in [0.25, 0.3) is 5.91 Å². The van der Waals surface area contributed by atoms with Crippen LogP contribution < -0.4 is 4.74 Å². The number of halogens is 1. The average Bonchev–Trinajstić information content (AvgIpc) is 3.14. The number of methoxy groups -OCH3 is 1. The van der Waals surface area contributed by atoms with E-state index in [4.69, 9.17) is 25.8 Å². The van der Waals surface area contributed by atoms with Crippen LogP contribution >= 0.6 is 11.6 Å². The lowest BCUT2D eigenvalue weighted by Gasteiger charge is -2.23. The summed E-state index contributed by atoms with van der Waals surface area (Å²) >= 11 is 6.12. The molecule has 1 aromatic carbocycles. The van der Waals surface area contributed by atoms with Crippen molar-refractivity contribution < 1.29 is 19.0 Å². The van der Waals surface area contributed by atoms with E-state index in [2.05, 4.69) is 0 Å². The van der Waals surface area contributed by atoms with E-state index in [0.29, 0.717) is 42.6 Å². The van der Waals surface area contributed by atoms with Crippen LogP contribution in [0.2, 0.25) is 5.02 Å². The lowest BCUT2D eigenvalue weighted by molar-refractivity contribution is 0.00391. The molecule has 2 aliphatic heterocycles. The van der Waals surface area contributed by atoms with Gasteiger partial charge in [-0.1, -0.05) is 11.6 Å². The summed E-state index contributed by atoms with van der Waals surface area (Å²) < 4.78 is 16.8. The Morgan fingerprint density at radius 2 is 2.35 bits per heavy atom. The van der Waals surface area contributed by atoms with E-state index >= 15 is 0 Å². The van der Waals surface area contributed by atoms with Crippen molar-refractivity contribution in [2.24, 2.45) is 0 Å². The maximum Gasteiger partial charge on any atom is 0.254 e. The van der Waals surface area contributed by atoms with Gasteiger partial charge in [-0.15, -0.1) is 0 Å². The van der Waals surface area contributed by atoms with Crippen LogP contribution in [0.5, 0.6) is 5.75 Å². The molecule has 126 valence electrons. The van der Waals surface area contributed by atoms with Gasteiger partial charge in [-0.3, -0.25) is 4.79 Å². The molecule has 0 aliphatic carbocycles. The third-order valence-electron chi connectivity index (χ3n) is 4.58. The molecule has 1 amide bonds. The first-order chi connectivity index (χ1) is 11.1. The number of hydrogen-bond donors (Lipinski definition) is 0. The van der Waals surface area contributed by atoms with Gasteiger partial charge in [-0.2, -0.15) is 0 Å². The minimum atomic E-state index is -0.244. The number of hydrogen-bond acceptors (Lipinski definition) is 4. The van der Waals surface area contributed by atoms with Crippen molar-refractivity contribution in [1.29, 1.82) is 0 Å². The minimum Gasteiger partial charge on any atom is -0.495 e. The number of carbonyl (C=O) groups excluding carboxylic acids is 1. The fourth-order valence-corrected chi connectivity index (χ4v) is 3.69. The second kappa shape index (κ2) is 6.67. The van der Waals surface area contributed by atoms with Crippen molar-refractivity contribution in [1.82, 2.24) is 4.90 Å². The number of amides is 1. The summed E-state index contributed by atoms with van der Waals surface area (Å²) in [5.74, 6) is 0.551. The molecule has 0 N–H and O–H groups in total. The first-order valence-electron chi connectivity index (χ1n) is 7.95. The van der Waals surface area contributed by atoms with Gasteiger partial charge in [0, 0.05) is 25.1 Å². The van der Waals surface area contributed by atoms with Crippen LogP contribution in [-0.4, -0.2) is 55.9 Å². The Morgan fingerprint density at radius 1 is 1.52 bits per heavy atom. The molecule has 2 saturated heterocycles. The molecule has 1 spiro atoms. The lowest BCUT2D eigenvalue weighted by Crippen LogP contribution is -2.36. The van der Waals surface area contributed by atoms with Crippen LogP contribution in [0.4, 0.5) is 0 Å². The van der Waals surface area contributed by atoms with E-state index in [0.717, 1.165) is 12.8 Å². The summed E-state index contributed by atoms with van der Waals surface area (Å²) in [5.41, 5.74) is 0.332. The molecule has 0 saturated carbocycles. The number of rotatable bonds is 4. The first-order valence-corrected chi connectivity index (χ1v) is 8.33. The van der Waals surface area contributed by atoms with Gasteiger partial charge >= 0.3 is 0 Å². The number of benzene rings is 1. The Hall–Kier alpha value is -1.30. The molecule has 6 heteroatoms. The molecule has 2 aliphatic rings. The Bertz CT molecular complexity index is 594. The highest BCUT2D eigenvalue weighted by molar-refractivity contribution is 6.32. The average molecular weight is 340 g/mol. The second-order valence-corrected chi connectivity index (χ2v) is 6.51. The van der Waals surface area contributed by atoms with Gasteiger partial charge in [-0.25, -0.2) is 0 Å². The third-order valence-corrected chi connectivity index (χ3v) is 4.88. The van der Waals surface area contributed by atoms with E-state index in [1.807, 2.05) is 11.8 Å². The van der Waals surface area contributed by atoms with Gasteiger partial charge in [0.2, 0.25) is 0 Å². The first kappa shape index (κ1) is 16.6. The third kappa shape index (κ3) is 3.32. The Kier molecular flexibility index (Phi) is 4.80. The van der Waals surface area contributed by atoms with Crippen molar-refractivity contribution in [3.63, 3.8) is 0 Å². The monoisotopic (exact) mass is 339 g/mol. The Morgan fingerprint density at radius 3 is 3.04 bits per heavy atom. The van der Waals surface area contributed by atoms with Crippen LogP contribution in [0.15, 0.2) is 18.2 Å². The molecule has 2 fully saturated rings. The number of carbonyl (C=O) groups is 1. The highest BCUT2D eigenvalue weighted by Crippen LogP contribution is 2.37. The molecule has 1 aromatic rings. The van der Waals surface area contributed by atoms with E-state index in [9.17, 15) is 4.79 Å². The molecule has 23 heavy (non-hydrogen) atoms. The topological polar surface area (TPSA) is 48.0 Å². The number of ether oxygens (including phenoxy) is 3. The standard InChI is InChI=1S/C17H22ClNO4/c1-3-22-13-9-17(23-10-13)6-7-19(11-17)16(20)12-4-5-15(21-2)14(18)8-12/h4-5,8,13H,3,6-7,9-11H2,1-2H3/t13-,17+/m1/s1. The maximum atomic E-state index is 12.7. The summed E-state index contributed by atoms with van der Waals surface area (Å²) in [6.07, 6.45) is 1.85. The zero-order valence-electron chi connectivity index (χ0n) is 13.5. The number of likely N-dealkylation sites (tertiary alicyclic amines) is 1. The van der Waals surface area contributed by atoms with Gasteiger partial charge in [0.15, 0.2) is 0 Å². The van der Waals surface area contributed by atoms with Gasteiger partial charge in [-0.05, 0) is 31.5 Å². The highest BCUT2D eigenvalue weighted by atomic mass is 35.5. The summed E-state index contributed by atoms with van der Waals surface area (Å²) in [6.45, 7) is 4.60. The van der Waals surface area contributed by atoms with Crippen molar-refractivity contribution in [3.8, 4) is 5.75 Å². The van der Waals surface area contributed by atoms with Gasteiger partial charge < -0.3 is 19.1 Å². The molecule has 5 nitrogen and oxygen atoms in total. The molecular weight excluding hydrogens is 318 g/mol. The molecule has 2 heterocycles. The molecular formula is C17H22ClNO4. The Balaban J connectivity index is 1.67. The van der Waals surface area contributed by atoms with E-state index < -0.39 is 0 Å². The van der Waals surface area contributed by atoms with Crippen LogP contribution in [0.3, 0.4) is 0 Å². The van der Waals surface area contributed by atoms with Crippen LogP contribution in [0, 0.1) is 0 Å². The fraction of sp³-hybridized carbons (Fsp3) is 0.588. The maximum absolute atomic E-state index is 12.7. The quantitative estimate of drug-likeness (QED) is 0.846. The lowest BCUT2D eigenvalue weighted by atomic mass is 9.98. The number of nitrogens with zero attached hydrogens (tertiary/aromatic N) is 1. The van der Waals surface area contributed by atoms with Gasteiger partial charge in [0.05, 0.1) is 37.0 Å². The SMILES string of the molecule is CCO[C@H]1CO[C@@]2(CCN(C(=O)c3ccc(OC)c(Cl)c3)C2)C1. The summed E-state index contributed by atoms with van der Waals surface area (Å²) in [5, 5.41) is 0.445. The molecule has 0 radical (unpaired) electrons. The molecule has 3 rings (SSSR count). The van der Waals surface area contributed by atoms with E-state index in [-0.39, 0.29) is 17.6 Å². The summed E-state index contributed by atoms with van der Waals surface area (Å²) in [6, 6.07) is 5.13. The summed E-state index contributed by atoms with van der Waals surface area (Å²) in [7, 11) is 1.55. The Labute approximate surface area is 141 Å². The smallest absolute Gasteiger partial charge is 0.254 e. The van der Waals surface area contributed by atoms with Crippen LogP contribution in [0.1, 0.15) is 30.1 Å². The predicted molar refractivity (Wildman–Crippen MR) is 87.2 cm³/mol. The fourth-order valence-electron chi connectivity index (χ4n) is 3.43. The highest BCUT2D eigenvalue weighted by Gasteiger charge is 2.47. The molecule has 0 bridgehead atoms. The van der Waals surface area contributed by atoms with Crippen molar-refractivity contribution in [2.45, 2.75) is 31.5 Å². The predicted octanol–water partition coefficient (Wildman–Crippen LogP) is 2.76. The van der Waals surface area contributed by atoms with Gasteiger partial charge in [0.1, 0.15) is 5.75 Å². The zero-order chi connectivity index (χ0) is 16.4. The zero-order valence-corrected chi connectivity index (χ0v) is 14.3. The minimum absolute atomic E-state index is 0.0186.